The summed E-state index contributed by atoms with van der Waals surface area (Å²) >= 11 is 0. The van der Waals surface area contributed by atoms with Gasteiger partial charge in [0.05, 0.1) is 0 Å². The Morgan fingerprint density at radius 1 is 0.882 bits per heavy atom. The molecule has 2 nitrogen and oxygen atoms in total. The molecule has 2 fully saturated rings. The number of nitrogens with zero attached hydrogens (tertiary/aromatic N) is 1. The maximum atomic E-state index is 3.73. The first kappa shape index (κ1) is 13.4. The minimum absolute atomic E-state index is 0.755. The number of nitrogens with one attached hydrogen (secondary N) is 1. The van der Waals surface area contributed by atoms with Crippen molar-refractivity contribution in [1.29, 1.82) is 0 Å². The predicted molar refractivity (Wildman–Crippen MR) is 74.4 cm³/mol. The Bertz CT molecular complexity index is 189. The lowest BCUT2D eigenvalue weighted by atomic mass is 10.1. The molecular weight excluding hydrogens is 208 g/mol. The van der Waals surface area contributed by atoms with Crippen LogP contribution < -0.4 is 5.32 Å². The molecule has 1 unspecified atom stereocenters. The first-order valence-electron chi connectivity index (χ1n) is 7.80. The Labute approximate surface area is 107 Å². The van der Waals surface area contributed by atoms with Crippen LogP contribution in [0.25, 0.3) is 0 Å². The fraction of sp³-hybridized carbons (Fsp3) is 1.00. The Balaban J connectivity index is 1.75. The van der Waals surface area contributed by atoms with Gasteiger partial charge in [0.25, 0.3) is 0 Å². The van der Waals surface area contributed by atoms with Crippen LogP contribution in [0.15, 0.2) is 0 Å². The number of likely N-dealkylation sites (N-methyl/N-ethyl adjacent to an activating group) is 1. The van der Waals surface area contributed by atoms with E-state index in [0.29, 0.717) is 0 Å². The Morgan fingerprint density at radius 3 is 2.29 bits per heavy atom. The monoisotopic (exact) mass is 238 g/mol. The van der Waals surface area contributed by atoms with Crippen LogP contribution in [0.1, 0.15) is 64.2 Å². The highest BCUT2D eigenvalue weighted by molar-refractivity contribution is 4.78. The van der Waals surface area contributed by atoms with Crippen LogP contribution in [0.2, 0.25) is 0 Å². The van der Waals surface area contributed by atoms with Crippen molar-refractivity contribution in [3.63, 3.8) is 0 Å². The van der Waals surface area contributed by atoms with Crippen molar-refractivity contribution >= 4 is 0 Å². The zero-order chi connectivity index (χ0) is 11.9. The third kappa shape index (κ3) is 4.59. The third-order valence-electron chi connectivity index (χ3n) is 4.62. The van der Waals surface area contributed by atoms with E-state index in [2.05, 4.69) is 17.3 Å². The Morgan fingerprint density at radius 2 is 1.53 bits per heavy atom. The summed E-state index contributed by atoms with van der Waals surface area (Å²) in [4.78, 5) is 2.65. The summed E-state index contributed by atoms with van der Waals surface area (Å²) in [5, 5.41) is 3.73. The minimum atomic E-state index is 0.755. The van der Waals surface area contributed by atoms with Gasteiger partial charge in [0.1, 0.15) is 0 Å². The highest BCUT2D eigenvalue weighted by atomic mass is 15.2. The molecule has 1 aliphatic heterocycles. The van der Waals surface area contributed by atoms with Gasteiger partial charge in [-0.05, 0) is 39.3 Å². The van der Waals surface area contributed by atoms with Crippen molar-refractivity contribution in [3.05, 3.63) is 0 Å². The van der Waals surface area contributed by atoms with Gasteiger partial charge in [-0.3, -0.25) is 0 Å². The highest BCUT2D eigenvalue weighted by Gasteiger charge is 2.20. The summed E-state index contributed by atoms with van der Waals surface area (Å²) in [5.74, 6) is 0. The maximum Gasteiger partial charge on any atom is 0.0195 e. The highest BCUT2D eigenvalue weighted by Crippen LogP contribution is 2.21. The first-order valence-corrected chi connectivity index (χ1v) is 7.80. The molecule has 1 saturated heterocycles. The van der Waals surface area contributed by atoms with Gasteiger partial charge in [-0.1, -0.05) is 38.5 Å². The van der Waals surface area contributed by atoms with Gasteiger partial charge in [-0.2, -0.15) is 0 Å². The fourth-order valence-corrected chi connectivity index (χ4v) is 3.45. The summed E-state index contributed by atoms with van der Waals surface area (Å²) in [7, 11) is 2.35. The van der Waals surface area contributed by atoms with Crippen LogP contribution in [0, 0.1) is 0 Å². The largest absolute Gasteiger partial charge is 0.313 e. The molecule has 100 valence electrons. The van der Waals surface area contributed by atoms with Gasteiger partial charge in [-0.25, -0.2) is 0 Å². The van der Waals surface area contributed by atoms with E-state index in [1.54, 1.807) is 0 Å². The van der Waals surface area contributed by atoms with E-state index in [4.69, 9.17) is 0 Å². The van der Waals surface area contributed by atoms with Gasteiger partial charge in [-0.15, -0.1) is 0 Å². The SMILES string of the molecule is CN(CC1CCCCCN1)C1CCCCCC1. The molecule has 0 radical (unpaired) electrons. The molecule has 0 aromatic carbocycles. The average Bonchev–Trinajstić information content (AvgIpc) is 2.72. The van der Waals surface area contributed by atoms with Gasteiger partial charge < -0.3 is 10.2 Å². The first-order chi connectivity index (χ1) is 8.36. The van der Waals surface area contributed by atoms with Crippen LogP contribution in [0.4, 0.5) is 0 Å². The maximum absolute atomic E-state index is 3.73. The van der Waals surface area contributed by atoms with E-state index in [1.165, 1.54) is 77.3 Å². The van der Waals surface area contributed by atoms with Gasteiger partial charge in [0.2, 0.25) is 0 Å². The molecule has 0 spiro atoms. The summed E-state index contributed by atoms with van der Waals surface area (Å²) < 4.78 is 0. The van der Waals surface area contributed by atoms with Crippen LogP contribution in [0.5, 0.6) is 0 Å². The van der Waals surface area contributed by atoms with Crippen molar-refractivity contribution in [1.82, 2.24) is 10.2 Å². The molecule has 1 heterocycles. The third-order valence-corrected chi connectivity index (χ3v) is 4.62. The van der Waals surface area contributed by atoms with E-state index < -0.39 is 0 Å². The van der Waals surface area contributed by atoms with Gasteiger partial charge >= 0.3 is 0 Å². The molecule has 0 bridgehead atoms. The molecule has 17 heavy (non-hydrogen) atoms. The van der Waals surface area contributed by atoms with E-state index >= 15 is 0 Å². The van der Waals surface area contributed by atoms with Crippen LogP contribution in [0.3, 0.4) is 0 Å². The molecule has 1 aliphatic carbocycles. The predicted octanol–water partition coefficient (Wildman–Crippen LogP) is 3.17. The normalized spacial score (nSPS) is 28.9. The van der Waals surface area contributed by atoms with Crippen molar-refractivity contribution < 1.29 is 0 Å². The average molecular weight is 238 g/mol. The standard InChI is InChI=1S/C15H30N2/c1-17(15-10-6-2-3-7-11-15)13-14-9-5-4-8-12-16-14/h14-16H,2-13H2,1H3. The van der Waals surface area contributed by atoms with Crippen molar-refractivity contribution in [2.45, 2.75) is 76.3 Å². The second kappa shape index (κ2) is 7.38. The molecular formula is C15H30N2. The molecule has 0 amide bonds. The van der Waals surface area contributed by atoms with Crippen molar-refractivity contribution in [2.24, 2.45) is 0 Å². The summed E-state index contributed by atoms with van der Waals surface area (Å²) in [6.45, 7) is 2.51. The lowest BCUT2D eigenvalue weighted by Gasteiger charge is -2.30. The van der Waals surface area contributed by atoms with E-state index in [-0.39, 0.29) is 0 Å². The van der Waals surface area contributed by atoms with Crippen molar-refractivity contribution in [2.75, 3.05) is 20.1 Å². The lowest BCUT2D eigenvalue weighted by Crippen LogP contribution is -2.43. The summed E-state index contributed by atoms with van der Waals surface area (Å²) in [5.41, 5.74) is 0. The van der Waals surface area contributed by atoms with Crippen molar-refractivity contribution in [3.8, 4) is 0 Å². The second-order valence-electron chi connectivity index (χ2n) is 6.09. The number of hydrogen-bond acceptors (Lipinski definition) is 2. The summed E-state index contributed by atoms with van der Waals surface area (Å²) in [6.07, 6.45) is 14.3. The quantitative estimate of drug-likeness (QED) is 0.760. The molecule has 2 aliphatic rings. The molecule has 1 atom stereocenters. The molecule has 0 aromatic heterocycles. The number of hydrogen-bond donors (Lipinski definition) is 1. The molecule has 2 heteroatoms. The zero-order valence-corrected chi connectivity index (χ0v) is 11.6. The Kier molecular flexibility index (Phi) is 5.79. The van der Waals surface area contributed by atoms with Gasteiger partial charge in [0, 0.05) is 18.6 Å². The van der Waals surface area contributed by atoms with E-state index in [9.17, 15) is 0 Å². The van der Waals surface area contributed by atoms with Gasteiger partial charge in [0.15, 0.2) is 0 Å². The second-order valence-corrected chi connectivity index (χ2v) is 6.09. The smallest absolute Gasteiger partial charge is 0.0195 e. The fourth-order valence-electron chi connectivity index (χ4n) is 3.45. The lowest BCUT2D eigenvalue weighted by molar-refractivity contribution is 0.196. The molecule has 1 N–H and O–H groups in total. The Hall–Kier alpha value is -0.0800. The van der Waals surface area contributed by atoms with Crippen LogP contribution in [-0.2, 0) is 0 Å². The van der Waals surface area contributed by atoms with Crippen LogP contribution >= 0.6 is 0 Å². The number of rotatable bonds is 3. The van der Waals surface area contributed by atoms with E-state index in [1.807, 2.05) is 0 Å². The molecule has 2 rings (SSSR count). The minimum Gasteiger partial charge on any atom is -0.313 e. The van der Waals surface area contributed by atoms with E-state index in [0.717, 1.165) is 12.1 Å². The zero-order valence-electron chi connectivity index (χ0n) is 11.6. The molecule has 0 aromatic rings. The topological polar surface area (TPSA) is 15.3 Å². The molecule has 1 saturated carbocycles. The van der Waals surface area contributed by atoms with Crippen LogP contribution in [-0.4, -0.2) is 37.1 Å². The summed E-state index contributed by atoms with van der Waals surface area (Å²) in [6, 6.07) is 1.62.